The summed E-state index contributed by atoms with van der Waals surface area (Å²) in [6, 6.07) is 17.0. The molecule has 33 heavy (non-hydrogen) atoms. The summed E-state index contributed by atoms with van der Waals surface area (Å²) in [6.45, 7) is 1.38. The van der Waals surface area contributed by atoms with E-state index in [1.807, 2.05) is 42.5 Å². The van der Waals surface area contributed by atoms with Crippen molar-refractivity contribution in [1.29, 1.82) is 0 Å². The molecular formula is C24H29N7O2. The fraction of sp³-hybridized carbons (Fsp3) is 0.250. The van der Waals surface area contributed by atoms with E-state index in [0.717, 1.165) is 23.2 Å². The molecule has 4 N–H and O–H groups in total. The predicted molar refractivity (Wildman–Crippen MR) is 129 cm³/mol. The van der Waals surface area contributed by atoms with Crippen molar-refractivity contribution < 1.29 is 9.59 Å². The average molecular weight is 448 g/mol. The molecule has 9 heteroatoms. The SMILES string of the molecule is CN=C(NCCc1cccc(C(=O)NC)c1)NCc1cccc(NC(=O)Cn2cccn2)c1. The third-order valence-electron chi connectivity index (χ3n) is 4.88. The lowest BCUT2D eigenvalue weighted by atomic mass is 10.1. The van der Waals surface area contributed by atoms with Crippen LogP contribution < -0.4 is 21.3 Å². The van der Waals surface area contributed by atoms with E-state index in [4.69, 9.17) is 0 Å². The van der Waals surface area contributed by atoms with Gasteiger partial charge in [0.15, 0.2) is 5.96 Å². The molecule has 0 unspecified atom stereocenters. The van der Waals surface area contributed by atoms with Crippen LogP contribution in [0.2, 0.25) is 0 Å². The molecule has 0 aliphatic rings. The number of nitrogens with zero attached hydrogens (tertiary/aromatic N) is 3. The van der Waals surface area contributed by atoms with E-state index >= 15 is 0 Å². The highest BCUT2D eigenvalue weighted by atomic mass is 16.2. The van der Waals surface area contributed by atoms with Crippen molar-refractivity contribution in [2.24, 2.45) is 4.99 Å². The molecule has 0 fully saturated rings. The van der Waals surface area contributed by atoms with Crippen LogP contribution in [0.25, 0.3) is 0 Å². The molecule has 0 saturated carbocycles. The minimum absolute atomic E-state index is 0.0953. The number of rotatable bonds is 9. The Balaban J connectivity index is 1.46. The van der Waals surface area contributed by atoms with Crippen molar-refractivity contribution in [2.45, 2.75) is 19.5 Å². The van der Waals surface area contributed by atoms with Crippen LogP contribution in [0.1, 0.15) is 21.5 Å². The smallest absolute Gasteiger partial charge is 0.251 e. The monoisotopic (exact) mass is 447 g/mol. The van der Waals surface area contributed by atoms with Crippen LogP contribution >= 0.6 is 0 Å². The first kappa shape index (κ1) is 23.5. The highest BCUT2D eigenvalue weighted by Gasteiger charge is 2.06. The van der Waals surface area contributed by atoms with Gasteiger partial charge in [0.1, 0.15) is 6.54 Å². The maximum Gasteiger partial charge on any atom is 0.251 e. The minimum Gasteiger partial charge on any atom is -0.356 e. The van der Waals surface area contributed by atoms with Gasteiger partial charge in [-0.15, -0.1) is 0 Å². The molecule has 3 aromatic rings. The van der Waals surface area contributed by atoms with E-state index < -0.39 is 0 Å². The summed E-state index contributed by atoms with van der Waals surface area (Å²) in [5.41, 5.74) is 3.45. The Morgan fingerprint density at radius 1 is 1.03 bits per heavy atom. The molecule has 2 aromatic carbocycles. The summed E-state index contributed by atoms with van der Waals surface area (Å²) >= 11 is 0. The number of carbonyl (C=O) groups is 2. The molecule has 0 aliphatic heterocycles. The van der Waals surface area contributed by atoms with Gasteiger partial charge in [0.25, 0.3) is 5.91 Å². The standard InChI is InChI=1S/C24H29N7O2/c1-25-23(33)20-8-3-6-18(14-20)10-12-27-24(26-2)28-16-19-7-4-9-21(15-19)30-22(32)17-31-13-5-11-29-31/h3-9,11,13-15H,10,12,16-17H2,1-2H3,(H,25,33)(H,30,32)(H2,26,27,28). The van der Waals surface area contributed by atoms with Crippen molar-refractivity contribution >= 4 is 23.5 Å². The zero-order valence-corrected chi connectivity index (χ0v) is 18.8. The van der Waals surface area contributed by atoms with Gasteiger partial charge in [0, 0.05) is 50.8 Å². The maximum atomic E-state index is 12.2. The topological polar surface area (TPSA) is 112 Å². The lowest BCUT2D eigenvalue weighted by Gasteiger charge is -2.13. The third-order valence-corrected chi connectivity index (χ3v) is 4.88. The number of amides is 2. The summed E-state index contributed by atoms with van der Waals surface area (Å²) in [7, 11) is 3.34. The van der Waals surface area contributed by atoms with Crippen molar-refractivity contribution in [3.05, 3.63) is 83.7 Å². The zero-order chi connectivity index (χ0) is 23.5. The van der Waals surface area contributed by atoms with Crippen LogP contribution in [-0.4, -0.2) is 48.2 Å². The van der Waals surface area contributed by atoms with E-state index in [9.17, 15) is 9.59 Å². The number of nitrogens with one attached hydrogen (secondary N) is 4. The first-order valence-corrected chi connectivity index (χ1v) is 10.7. The molecular weight excluding hydrogens is 418 g/mol. The van der Waals surface area contributed by atoms with Gasteiger partial charge in [-0.25, -0.2) is 0 Å². The van der Waals surface area contributed by atoms with Crippen molar-refractivity contribution in [1.82, 2.24) is 25.7 Å². The number of hydrogen-bond acceptors (Lipinski definition) is 4. The maximum absolute atomic E-state index is 12.2. The lowest BCUT2D eigenvalue weighted by Crippen LogP contribution is -2.37. The Kier molecular flexibility index (Phi) is 8.58. The molecule has 0 atom stereocenters. The molecule has 172 valence electrons. The van der Waals surface area contributed by atoms with E-state index in [1.54, 1.807) is 43.3 Å². The van der Waals surface area contributed by atoms with Gasteiger partial charge in [0.2, 0.25) is 5.91 Å². The molecule has 0 spiro atoms. The van der Waals surface area contributed by atoms with Crippen molar-refractivity contribution in [2.75, 3.05) is 26.0 Å². The Morgan fingerprint density at radius 3 is 2.61 bits per heavy atom. The number of aromatic nitrogens is 2. The van der Waals surface area contributed by atoms with Crippen LogP contribution in [0.3, 0.4) is 0 Å². The molecule has 1 heterocycles. The molecule has 1 aromatic heterocycles. The second-order valence-electron chi connectivity index (χ2n) is 7.33. The van der Waals surface area contributed by atoms with Crippen LogP contribution in [-0.2, 0) is 24.3 Å². The van der Waals surface area contributed by atoms with Crippen LogP contribution in [0.15, 0.2) is 72.0 Å². The Bertz CT molecular complexity index is 1090. The van der Waals surface area contributed by atoms with Crippen LogP contribution in [0, 0.1) is 0 Å². The van der Waals surface area contributed by atoms with Crippen molar-refractivity contribution in [3.8, 4) is 0 Å². The first-order valence-electron chi connectivity index (χ1n) is 10.7. The van der Waals surface area contributed by atoms with Gasteiger partial charge in [-0.2, -0.15) is 5.10 Å². The molecule has 3 rings (SSSR count). The van der Waals surface area contributed by atoms with E-state index in [2.05, 4.69) is 31.4 Å². The Hall–Kier alpha value is -4.14. The summed E-state index contributed by atoms with van der Waals surface area (Å²) in [4.78, 5) is 28.2. The Labute approximate surface area is 193 Å². The summed E-state index contributed by atoms with van der Waals surface area (Å²) < 4.78 is 1.57. The molecule has 0 bridgehead atoms. The summed E-state index contributed by atoms with van der Waals surface area (Å²) in [5.74, 6) is 0.439. The predicted octanol–water partition coefficient (Wildman–Crippen LogP) is 1.79. The minimum atomic E-state index is -0.137. The van der Waals surface area contributed by atoms with Gasteiger partial charge >= 0.3 is 0 Å². The highest BCUT2D eigenvalue weighted by molar-refractivity contribution is 5.94. The number of benzene rings is 2. The van der Waals surface area contributed by atoms with Gasteiger partial charge in [-0.3, -0.25) is 19.3 Å². The second kappa shape index (κ2) is 12.0. The van der Waals surface area contributed by atoms with E-state index in [-0.39, 0.29) is 18.4 Å². The van der Waals surface area contributed by atoms with Gasteiger partial charge in [-0.1, -0.05) is 24.3 Å². The summed E-state index contributed by atoms with van der Waals surface area (Å²) in [5, 5.41) is 16.1. The molecule has 0 saturated heterocycles. The van der Waals surface area contributed by atoms with E-state index in [0.29, 0.717) is 24.6 Å². The number of carbonyl (C=O) groups excluding carboxylic acids is 2. The number of guanidine groups is 1. The average Bonchev–Trinajstić information content (AvgIpc) is 3.34. The fourth-order valence-corrected chi connectivity index (χ4v) is 3.24. The quantitative estimate of drug-likeness (QED) is 0.295. The molecule has 0 radical (unpaired) electrons. The number of hydrogen-bond donors (Lipinski definition) is 4. The molecule has 9 nitrogen and oxygen atoms in total. The van der Waals surface area contributed by atoms with Gasteiger partial charge in [-0.05, 0) is 47.9 Å². The first-order chi connectivity index (χ1) is 16.1. The summed E-state index contributed by atoms with van der Waals surface area (Å²) in [6.07, 6.45) is 4.14. The lowest BCUT2D eigenvalue weighted by molar-refractivity contribution is -0.116. The second-order valence-corrected chi connectivity index (χ2v) is 7.33. The molecule has 2 amide bonds. The zero-order valence-electron chi connectivity index (χ0n) is 18.8. The van der Waals surface area contributed by atoms with Crippen molar-refractivity contribution in [3.63, 3.8) is 0 Å². The number of aliphatic imine (C=N–C) groups is 1. The van der Waals surface area contributed by atoms with Gasteiger partial charge < -0.3 is 21.3 Å². The van der Waals surface area contributed by atoms with Gasteiger partial charge in [0.05, 0.1) is 0 Å². The third kappa shape index (κ3) is 7.49. The number of anilines is 1. The van der Waals surface area contributed by atoms with Crippen LogP contribution in [0.4, 0.5) is 5.69 Å². The fourth-order valence-electron chi connectivity index (χ4n) is 3.24. The van der Waals surface area contributed by atoms with E-state index in [1.165, 1.54) is 0 Å². The largest absolute Gasteiger partial charge is 0.356 e. The normalized spacial score (nSPS) is 11.0. The Morgan fingerprint density at radius 2 is 1.85 bits per heavy atom. The van der Waals surface area contributed by atoms with Crippen LogP contribution in [0.5, 0.6) is 0 Å². The molecule has 0 aliphatic carbocycles. The highest BCUT2D eigenvalue weighted by Crippen LogP contribution is 2.11.